The first-order chi connectivity index (χ1) is 11.5. The number of alkyl halides is 3. The molecule has 0 radical (unpaired) electrons. The maximum atomic E-state index is 11.7. The predicted octanol–water partition coefficient (Wildman–Crippen LogP) is 6.16. The molecule has 0 aliphatic rings. The van der Waals surface area contributed by atoms with Gasteiger partial charge in [-0.3, -0.25) is 9.53 Å². The first-order valence-electron chi connectivity index (χ1n) is 9.23. The van der Waals surface area contributed by atoms with Gasteiger partial charge in [0.25, 0.3) is 0 Å². The van der Waals surface area contributed by atoms with E-state index in [1.54, 1.807) is 0 Å². The van der Waals surface area contributed by atoms with Crippen molar-refractivity contribution in [3.8, 4) is 0 Å². The van der Waals surface area contributed by atoms with E-state index >= 15 is 0 Å². The molecule has 0 amide bonds. The highest BCUT2D eigenvalue weighted by molar-refractivity contribution is 5.68. The minimum absolute atomic E-state index is 0.122. The van der Waals surface area contributed by atoms with Crippen LogP contribution in [-0.2, 0) is 14.3 Å². The summed E-state index contributed by atoms with van der Waals surface area (Å²) in [4.78, 5) is 10.9. The van der Waals surface area contributed by atoms with Gasteiger partial charge in [0, 0.05) is 6.42 Å². The number of rotatable bonds is 16. The van der Waals surface area contributed by atoms with Gasteiger partial charge in [0.2, 0.25) is 0 Å². The van der Waals surface area contributed by atoms with E-state index in [9.17, 15) is 18.0 Å². The van der Waals surface area contributed by atoms with Crippen LogP contribution in [0.25, 0.3) is 0 Å². The van der Waals surface area contributed by atoms with E-state index in [0.717, 1.165) is 32.1 Å². The van der Waals surface area contributed by atoms with E-state index < -0.39 is 6.36 Å². The number of hydrogen-bond donors (Lipinski definition) is 0. The normalized spacial score (nSPS) is 11.7. The minimum Gasteiger partial charge on any atom is -0.469 e. The number of carbonyl (C=O) groups is 1. The second kappa shape index (κ2) is 15.7. The maximum Gasteiger partial charge on any atom is 0.522 e. The van der Waals surface area contributed by atoms with Gasteiger partial charge in [0.1, 0.15) is 0 Å². The van der Waals surface area contributed by atoms with Gasteiger partial charge in [0.05, 0.1) is 13.7 Å². The summed E-state index contributed by atoms with van der Waals surface area (Å²) in [6.45, 7) is -0.219. The Morgan fingerprint density at radius 3 is 1.46 bits per heavy atom. The van der Waals surface area contributed by atoms with Crippen LogP contribution in [0.2, 0.25) is 0 Å². The number of hydrogen-bond acceptors (Lipinski definition) is 3. The fraction of sp³-hybridized carbons (Fsp3) is 0.944. The van der Waals surface area contributed by atoms with Gasteiger partial charge in [-0.15, -0.1) is 13.2 Å². The highest BCUT2D eigenvalue weighted by Gasteiger charge is 2.28. The van der Waals surface area contributed by atoms with Gasteiger partial charge in [-0.25, -0.2) is 0 Å². The molecule has 0 fully saturated rings. The van der Waals surface area contributed by atoms with Gasteiger partial charge in [0.15, 0.2) is 0 Å². The predicted molar refractivity (Wildman–Crippen MR) is 88.7 cm³/mol. The molecule has 0 saturated heterocycles. The second-order valence-electron chi connectivity index (χ2n) is 6.22. The molecule has 0 atom stereocenters. The third-order valence-electron chi connectivity index (χ3n) is 4.02. The summed E-state index contributed by atoms with van der Waals surface area (Å²) in [5.41, 5.74) is 0. The van der Waals surface area contributed by atoms with Crippen molar-refractivity contribution in [2.75, 3.05) is 13.7 Å². The van der Waals surface area contributed by atoms with E-state index in [-0.39, 0.29) is 12.6 Å². The molecule has 0 saturated carbocycles. The lowest BCUT2D eigenvalue weighted by Crippen LogP contribution is -2.13. The molecule has 0 aromatic rings. The van der Waals surface area contributed by atoms with Crippen molar-refractivity contribution in [3.63, 3.8) is 0 Å². The van der Waals surface area contributed by atoms with Gasteiger partial charge in [-0.2, -0.15) is 0 Å². The van der Waals surface area contributed by atoms with E-state index in [2.05, 4.69) is 9.47 Å². The third-order valence-corrected chi connectivity index (χ3v) is 4.02. The highest BCUT2D eigenvalue weighted by atomic mass is 19.4. The molecule has 0 aromatic carbocycles. The van der Waals surface area contributed by atoms with Gasteiger partial charge in [-0.05, 0) is 12.8 Å². The van der Waals surface area contributed by atoms with Crippen molar-refractivity contribution in [2.45, 2.75) is 96.3 Å². The Balaban J connectivity index is 3.06. The minimum atomic E-state index is -4.48. The largest absolute Gasteiger partial charge is 0.522 e. The summed E-state index contributed by atoms with van der Waals surface area (Å²) in [5, 5.41) is 0. The number of methoxy groups -OCH3 is 1. The molecule has 0 aromatic heterocycles. The molecule has 0 aliphatic carbocycles. The smallest absolute Gasteiger partial charge is 0.469 e. The fourth-order valence-electron chi connectivity index (χ4n) is 2.61. The number of halogens is 3. The van der Waals surface area contributed by atoms with Crippen molar-refractivity contribution in [1.82, 2.24) is 0 Å². The zero-order chi connectivity index (χ0) is 18.1. The van der Waals surface area contributed by atoms with Gasteiger partial charge >= 0.3 is 12.3 Å². The monoisotopic (exact) mass is 354 g/mol. The summed E-state index contributed by atoms with van der Waals surface area (Å²) < 4.78 is 43.5. The van der Waals surface area contributed by atoms with Crippen LogP contribution < -0.4 is 0 Å². The summed E-state index contributed by atoms with van der Waals surface area (Å²) in [6.07, 6.45) is 9.92. The summed E-state index contributed by atoms with van der Waals surface area (Å²) in [6, 6.07) is 0. The zero-order valence-corrected chi connectivity index (χ0v) is 15.0. The van der Waals surface area contributed by atoms with Crippen molar-refractivity contribution in [3.05, 3.63) is 0 Å². The molecule has 0 unspecified atom stereocenters. The van der Waals surface area contributed by atoms with Crippen LogP contribution in [0.3, 0.4) is 0 Å². The van der Waals surface area contributed by atoms with Crippen LogP contribution in [0.4, 0.5) is 13.2 Å². The van der Waals surface area contributed by atoms with E-state index in [0.29, 0.717) is 12.8 Å². The Morgan fingerprint density at radius 2 is 1.08 bits per heavy atom. The topological polar surface area (TPSA) is 35.5 Å². The lowest BCUT2D eigenvalue weighted by Gasteiger charge is -2.06. The SMILES string of the molecule is COC(=O)CCCCCCCCCCCCCCCOC(F)(F)F. The average Bonchev–Trinajstić information content (AvgIpc) is 2.53. The Morgan fingerprint density at radius 1 is 0.708 bits per heavy atom. The Bertz CT molecular complexity index is 294. The van der Waals surface area contributed by atoms with Crippen LogP contribution >= 0.6 is 0 Å². The van der Waals surface area contributed by atoms with Crippen LogP contribution in [0.1, 0.15) is 89.9 Å². The summed E-state index contributed by atoms with van der Waals surface area (Å²) >= 11 is 0. The fourth-order valence-corrected chi connectivity index (χ4v) is 2.61. The summed E-state index contributed by atoms with van der Waals surface area (Å²) in [7, 11) is 1.42. The molecule has 144 valence electrons. The lowest BCUT2D eigenvalue weighted by molar-refractivity contribution is -0.324. The van der Waals surface area contributed by atoms with Crippen molar-refractivity contribution < 1.29 is 27.4 Å². The lowest BCUT2D eigenvalue weighted by atomic mass is 10.0. The molecule has 0 N–H and O–H groups in total. The van der Waals surface area contributed by atoms with E-state index in [1.807, 2.05) is 0 Å². The number of ether oxygens (including phenoxy) is 2. The van der Waals surface area contributed by atoms with Crippen LogP contribution in [0, 0.1) is 0 Å². The van der Waals surface area contributed by atoms with Gasteiger partial charge < -0.3 is 4.74 Å². The first kappa shape index (κ1) is 23.2. The Kier molecular flexibility index (Phi) is 15.2. The van der Waals surface area contributed by atoms with Gasteiger partial charge in [-0.1, -0.05) is 70.6 Å². The molecule has 24 heavy (non-hydrogen) atoms. The molecule has 6 heteroatoms. The zero-order valence-electron chi connectivity index (χ0n) is 15.0. The quantitative estimate of drug-likeness (QED) is 0.246. The van der Waals surface area contributed by atoms with Crippen molar-refractivity contribution >= 4 is 5.97 Å². The Labute approximate surface area is 144 Å². The number of unbranched alkanes of at least 4 members (excludes halogenated alkanes) is 12. The highest BCUT2D eigenvalue weighted by Crippen LogP contribution is 2.17. The van der Waals surface area contributed by atoms with Crippen LogP contribution in [0.15, 0.2) is 0 Å². The first-order valence-corrected chi connectivity index (χ1v) is 9.23. The standard InChI is InChI=1S/C18H33F3O3/c1-23-17(22)15-13-11-9-7-5-3-2-4-6-8-10-12-14-16-24-18(19,20)21/h2-16H2,1H3. The average molecular weight is 354 g/mol. The Hall–Kier alpha value is -0.780. The molecule has 0 aliphatic heterocycles. The number of carbonyl (C=O) groups excluding carboxylic acids is 1. The van der Waals surface area contributed by atoms with E-state index in [4.69, 9.17) is 0 Å². The van der Waals surface area contributed by atoms with Crippen molar-refractivity contribution in [2.24, 2.45) is 0 Å². The molecule has 0 spiro atoms. The molecule has 0 rings (SSSR count). The van der Waals surface area contributed by atoms with E-state index in [1.165, 1.54) is 52.1 Å². The molecular formula is C18H33F3O3. The molecule has 0 heterocycles. The molecule has 0 bridgehead atoms. The number of esters is 1. The van der Waals surface area contributed by atoms with Crippen molar-refractivity contribution in [1.29, 1.82) is 0 Å². The maximum absolute atomic E-state index is 11.7. The molecule has 3 nitrogen and oxygen atoms in total. The van der Waals surface area contributed by atoms with Crippen LogP contribution in [0.5, 0.6) is 0 Å². The third kappa shape index (κ3) is 19.3. The molecular weight excluding hydrogens is 321 g/mol. The van der Waals surface area contributed by atoms with Crippen LogP contribution in [-0.4, -0.2) is 26.0 Å². The second-order valence-corrected chi connectivity index (χ2v) is 6.22. The summed E-state index contributed by atoms with van der Waals surface area (Å²) in [5.74, 6) is -0.122.